The Morgan fingerprint density at radius 1 is 0.844 bits per heavy atom. The fourth-order valence-corrected chi connectivity index (χ4v) is 5.69. The van der Waals surface area contributed by atoms with Gasteiger partial charge in [-0.3, -0.25) is 19.6 Å². The molecule has 0 radical (unpaired) electrons. The number of benzene rings is 3. The summed E-state index contributed by atoms with van der Waals surface area (Å²) in [7, 11) is 0. The van der Waals surface area contributed by atoms with E-state index in [-0.39, 0.29) is 18.4 Å². The van der Waals surface area contributed by atoms with Gasteiger partial charge in [-0.05, 0) is 46.4 Å². The van der Waals surface area contributed by atoms with Gasteiger partial charge in [0.25, 0.3) is 0 Å². The summed E-state index contributed by atoms with van der Waals surface area (Å²) in [4.78, 5) is 44.8. The normalized spacial score (nSPS) is 13.3. The van der Waals surface area contributed by atoms with Crippen molar-refractivity contribution < 1.29 is 9.59 Å². The number of carbonyl (C=O) groups excluding carboxylic acids is 2. The lowest BCUT2D eigenvalue weighted by molar-refractivity contribution is -0.144. The zero-order valence-electron chi connectivity index (χ0n) is 24.7. The molecule has 6 rings (SSSR count). The van der Waals surface area contributed by atoms with Gasteiger partial charge in [-0.15, -0.1) is 0 Å². The Bertz CT molecular complexity index is 1780. The highest BCUT2D eigenvalue weighted by atomic mass is 35.5. The van der Waals surface area contributed by atoms with Crippen molar-refractivity contribution in [2.45, 2.75) is 32.0 Å². The van der Waals surface area contributed by atoms with Crippen LogP contribution in [-0.4, -0.2) is 49.2 Å². The maximum atomic E-state index is 14.5. The molecule has 0 saturated heterocycles. The molecule has 224 valence electrons. The number of aromatic nitrogens is 3. The third kappa shape index (κ3) is 7.51. The summed E-state index contributed by atoms with van der Waals surface area (Å²) in [5.74, 6) is -0.339. The van der Waals surface area contributed by atoms with Crippen LogP contribution in [0.4, 0.5) is 0 Å². The van der Waals surface area contributed by atoms with E-state index >= 15 is 0 Å². The van der Waals surface area contributed by atoms with E-state index in [2.05, 4.69) is 27.1 Å². The first-order valence-electron chi connectivity index (χ1n) is 14.9. The third-order valence-corrected chi connectivity index (χ3v) is 8.22. The molecule has 0 fully saturated rings. The monoisotopic (exact) mass is 613 g/mol. The minimum absolute atomic E-state index is 0.0700. The number of fused-ring (bicyclic) bond motifs is 1. The van der Waals surface area contributed by atoms with Crippen LogP contribution in [0.1, 0.15) is 27.8 Å². The number of hydrogen-bond donors (Lipinski definition) is 0. The molecule has 8 heteroatoms. The predicted molar refractivity (Wildman–Crippen MR) is 176 cm³/mol. The fraction of sp³-hybridized carbons (Fsp3) is 0.162. The van der Waals surface area contributed by atoms with Crippen LogP contribution in [0.25, 0.3) is 17.3 Å². The molecular weight excluding hydrogens is 582 g/mol. The van der Waals surface area contributed by atoms with E-state index in [4.69, 9.17) is 11.6 Å². The summed E-state index contributed by atoms with van der Waals surface area (Å²) in [6.07, 6.45) is 11.0. The molecule has 0 saturated carbocycles. The summed E-state index contributed by atoms with van der Waals surface area (Å²) in [5, 5.41) is 0.377. The average Bonchev–Trinajstić information content (AvgIpc) is 3.10. The zero-order valence-corrected chi connectivity index (χ0v) is 25.4. The number of hydrogen-bond acceptors (Lipinski definition) is 5. The van der Waals surface area contributed by atoms with E-state index in [1.165, 1.54) is 11.6 Å². The standard InChI is InChI=1S/C37H32ClN5O2/c38-35-16-12-28(23-41-35)13-17-36(44)43(25-29-10-14-31(15-11-29)33-24-39-19-20-40-33)34(22-27-6-2-1-3-7-27)37(45)42-21-18-30-8-4-5-9-32(30)26-42/h1-17,19-20,23-24,34H,18,21-22,25-26H2. The Morgan fingerprint density at radius 3 is 2.36 bits per heavy atom. The maximum Gasteiger partial charge on any atom is 0.247 e. The summed E-state index contributed by atoms with van der Waals surface area (Å²) >= 11 is 5.96. The van der Waals surface area contributed by atoms with Gasteiger partial charge in [0.05, 0.1) is 11.9 Å². The van der Waals surface area contributed by atoms with Gasteiger partial charge in [0.2, 0.25) is 11.8 Å². The average molecular weight is 614 g/mol. The molecule has 0 aliphatic carbocycles. The quantitative estimate of drug-likeness (QED) is 0.141. The highest BCUT2D eigenvalue weighted by Crippen LogP contribution is 2.24. The predicted octanol–water partition coefficient (Wildman–Crippen LogP) is 6.43. The molecule has 3 aromatic carbocycles. The van der Waals surface area contributed by atoms with Crippen LogP contribution >= 0.6 is 11.6 Å². The van der Waals surface area contributed by atoms with Crippen LogP contribution in [0.5, 0.6) is 0 Å². The molecule has 1 aliphatic heterocycles. The molecule has 0 spiro atoms. The van der Waals surface area contributed by atoms with Crippen molar-refractivity contribution >= 4 is 29.5 Å². The largest absolute Gasteiger partial charge is 0.336 e. The van der Waals surface area contributed by atoms with E-state index in [1.54, 1.807) is 47.9 Å². The Kier molecular flexibility index (Phi) is 9.37. The van der Waals surface area contributed by atoms with Crippen molar-refractivity contribution in [3.8, 4) is 11.3 Å². The first-order chi connectivity index (χ1) is 22.0. The lowest BCUT2D eigenvalue weighted by Crippen LogP contribution is -2.52. The second kappa shape index (κ2) is 14.1. The Labute approximate surface area is 267 Å². The van der Waals surface area contributed by atoms with Gasteiger partial charge in [0.15, 0.2) is 0 Å². The molecule has 2 amide bonds. The molecule has 1 atom stereocenters. The van der Waals surface area contributed by atoms with Crippen LogP contribution in [0, 0.1) is 0 Å². The van der Waals surface area contributed by atoms with Crippen molar-refractivity contribution in [2.75, 3.05) is 6.54 Å². The van der Waals surface area contributed by atoms with Crippen LogP contribution < -0.4 is 0 Å². The van der Waals surface area contributed by atoms with E-state index in [1.807, 2.05) is 71.6 Å². The molecule has 0 N–H and O–H groups in total. The van der Waals surface area contributed by atoms with Crippen molar-refractivity contribution in [3.05, 3.63) is 155 Å². The minimum atomic E-state index is -0.724. The summed E-state index contributed by atoms with van der Waals surface area (Å²) in [6, 6.07) is 28.7. The summed E-state index contributed by atoms with van der Waals surface area (Å²) in [6.45, 7) is 1.36. The van der Waals surface area contributed by atoms with Gasteiger partial charge in [0.1, 0.15) is 11.2 Å². The summed E-state index contributed by atoms with van der Waals surface area (Å²) in [5.41, 5.74) is 6.70. The van der Waals surface area contributed by atoms with Crippen molar-refractivity contribution in [1.82, 2.24) is 24.8 Å². The topological polar surface area (TPSA) is 79.3 Å². The molecular formula is C37H32ClN5O2. The molecule has 1 aliphatic rings. The van der Waals surface area contributed by atoms with Gasteiger partial charge in [-0.25, -0.2) is 4.98 Å². The van der Waals surface area contributed by atoms with Gasteiger partial charge < -0.3 is 9.80 Å². The van der Waals surface area contributed by atoms with Gasteiger partial charge in [-0.1, -0.05) is 96.5 Å². The first-order valence-corrected chi connectivity index (χ1v) is 15.3. The maximum absolute atomic E-state index is 14.5. The molecule has 0 bridgehead atoms. The van der Waals surface area contributed by atoms with Crippen LogP contribution in [0.2, 0.25) is 5.15 Å². The Morgan fingerprint density at radius 2 is 1.62 bits per heavy atom. The number of rotatable bonds is 9. The fourth-order valence-electron chi connectivity index (χ4n) is 5.58. The third-order valence-electron chi connectivity index (χ3n) is 7.99. The van der Waals surface area contributed by atoms with Crippen molar-refractivity contribution in [1.29, 1.82) is 0 Å². The Hall–Kier alpha value is -5.14. The highest BCUT2D eigenvalue weighted by molar-refractivity contribution is 6.29. The smallest absolute Gasteiger partial charge is 0.247 e. The number of halogens is 1. The lowest BCUT2D eigenvalue weighted by atomic mass is 9.97. The number of pyridine rings is 1. The molecule has 45 heavy (non-hydrogen) atoms. The molecule has 5 aromatic rings. The van der Waals surface area contributed by atoms with Crippen LogP contribution in [0.15, 0.2) is 122 Å². The van der Waals surface area contributed by atoms with Crippen LogP contribution in [0.3, 0.4) is 0 Å². The van der Waals surface area contributed by atoms with Gasteiger partial charge in [-0.2, -0.15) is 0 Å². The highest BCUT2D eigenvalue weighted by Gasteiger charge is 2.34. The SMILES string of the molecule is O=C(C(Cc1ccccc1)N(Cc1ccc(-c2cnccn2)cc1)C(=O)C=Cc1ccc(Cl)nc1)N1CCc2ccccc2C1. The Balaban J connectivity index is 1.34. The van der Waals surface area contributed by atoms with Gasteiger partial charge in [0, 0.05) is 56.3 Å². The van der Waals surface area contributed by atoms with Gasteiger partial charge >= 0.3 is 0 Å². The van der Waals surface area contributed by atoms with Crippen molar-refractivity contribution in [2.24, 2.45) is 0 Å². The second-order valence-electron chi connectivity index (χ2n) is 11.0. The minimum Gasteiger partial charge on any atom is -0.336 e. The number of nitrogens with zero attached hydrogens (tertiary/aromatic N) is 5. The van der Waals surface area contributed by atoms with E-state index in [9.17, 15) is 9.59 Å². The summed E-state index contributed by atoms with van der Waals surface area (Å²) < 4.78 is 0. The van der Waals surface area contributed by atoms with E-state index < -0.39 is 6.04 Å². The molecule has 2 aromatic heterocycles. The van der Waals surface area contributed by atoms with Crippen LogP contribution in [-0.2, 0) is 35.5 Å². The van der Waals surface area contributed by atoms with E-state index in [0.717, 1.165) is 39.9 Å². The van der Waals surface area contributed by atoms with E-state index in [0.29, 0.717) is 24.7 Å². The molecule has 7 nitrogen and oxygen atoms in total. The zero-order chi connectivity index (χ0) is 31.0. The van der Waals surface area contributed by atoms with Crippen molar-refractivity contribution in [3.63, 3.8) is 0 Å². The second-order valence-corrected chi connectivity index (χ2v) is 11.4. The first kappa shape index (κ1) is 29.9. The lowest BCUT2D eigenvalue weighted by Gasteiger charge is -2.37. The molecule has 3 heterocycles. The molecule has 1 unspecified atom stereocenters. The number of amides is 2. The number of carbonyl (C=O) groups is 2.